The Kier molecular flexibility index (Phi) is 8.12. The van der Waals surface area contributed by atoms with Gasteiger partial charge in [-0.25, -0.2) is 15.0 Å². The zero-order chi connectivity index (χ0) is 29.8. The van der Waals surface area contributed by atoms with Crippen molar-refractivity contribution in [2.45, 2.75) is 50.0 Å². The van der Waals surface area contributed by atoms with Crippen molar-refractivity contribution in [2.75, 3.05) is 18.5 Å². The fourth-order valence-electron chi connectivity index (χ4n) is 6.17. The molecule has 0 saturated carbocycles. The van der Waals surface area contributed by atoms with Gasteiger partial charge < -0.3 is 24.8 Å². The van der Waals surface area contributed by atoms with Gasteiger partial charge in [0.2, 0.25) is 0 Å². The van der Waals surface area contributed by atoms with Gasteiger partial charge in [-0.1, -0.05) is 78.9 Å². The smallest absolute Gasteiger partial charge is 0.256 e. The summed E-state index contributed by atoms with van der Waals surface area (Å²) in [4.78, 5) is 26.4. The van der Waals surface area contributed by atoms with E-state index in [1.54, 1.807) is 18.5 Å². The summed E-state index contributed by atoms with van der Waals surface area (Å²) in [5, 5.41) is 6.59. The zero-order valence-corrected chi connectivity index (χ0v) is 24.2. The van der Waals surface area contributed by atoms with Gasteiger partial charge in [0, 0.05) is 5.56 Å². The van der Waals surface area contributed by atoms with Gasteiger partial charge in [0.1, 0.15) is 18.0 Å². The van der Waals surface area contributed by atoms with Gasteiger partial charge in [-0.2, -0.15) is 0 Å². The Morgan fingerprint density at radius 3 is 2.39 bits per heavy atom. The van der Waals surface area contributed by atoms with Gasteiger partial charge in [-0.3, -0.25) is 9.36 Å². The zero-order valence-electron chi connectivity index (χ0n) is 24.2. The summed E-state index contributed by atoms with van der Waals surface area (Å²) < 4.78 is 22.0. The van der Waals surface area contributed by atoms with Crippen molar-refractivity contribution >= 4 is 22.9 Å². The highest BCUT2D eigenvalue weighted by atomic mass is 16.6. The third-order valence-electron chi connectivity index (χ3n) is 8.30. The molecule has 3 aromatic carbocycles. The number of rotatable bonds is 10. The van der Waals surface area contributed by atoms with Gasteiger partial charge in [0.05, 0.1) is 32.2 Å². The molecule has 0 spiro atoms. The van der Waals surface area contributed by atoms with E-state index in [4.69, 9.17) is 14.2 Å². The van der Waals surface area contributed by atoms with Crippen molar-refractivity contribution in [3.8, 4) is 0 Å². The first kappa shape index (κ1) is 28.3. The lowest BCUT2D eigenvalue weighted by molar-refractivity contribution is -0.159. The molecule has 44 heavy (non-hydrogen) atoms. The predicted octanol–water partition coefficient (Wildman–Crippen LogP) is 4.90. The lowest BCUT2D eigenvalue weighted by atomic mass is 9.91. The minimum absolute atomic E-state index is 0.198. The van der Waals surface area contributed by atoms with E-state index >= 15 is 0 Å². The minimum atomic E-state index is -0.698. The van der Waals surface area contributed by atoms with Crippen molar-refractivity contribution in [2.24, 2.45) is 0 Å². The SMILES string of the molecule is O=C(Nc1ncnc2c1ncn2[C@@H]1O[C@@]2(COCc3ccccc3)CCCN[C@@H]1[C@@H]2OCc1ccccc1)c1ccccc1. The number of carbonyl (C=O) groups excluding carboxylic acids is 1. The molecule has 2 aromatic heterocycles. The van der Waals surface area contributed by atoms with Crippen LogP contribution in [0.3, 0.4) is 0 Å². The Labute approximate surface area is 255 Å². The van der Waals surface area contributed by atoms with E-state index in [-0.39, 0.29) is 18.1 Å². The molecular formula is C34H34N6O4. The molecule has 10 nitrogen and oxygen atoms in total. The molecule has 2 saturated heterocycles. The lowest BCUT2D eigenvalue weighted by Crippen LogP contribution is -2.50. The second-order valence-corrected chi connectivity index (χ2v) is 11.2. The topological polar surface area (TPSA) is 112 Å². The van der Waals surface area contributed by atoms with E-state index in [9.17, 15) is 4.79 Å². The number of anilines is 1. The fourth-order valence-corrected chi connectivity index (χ4v) is 6.17. The van der Waals surface area contributed by atoms with Crippen molar-refractivity contribution in [1.82, 2.24) is 24.8 Å². The van der Waals surface area contributed by atoms with Gasteiger partial charge in [-0.15, -0.1) is 0 Å². The van der Waals surface area contributed by atoms with Crippen LogP contribution in [-0.2, 0) is 27.4 Å². The molecule has 2 bridgehead atoms. The van der Waals surface area contributed by atoms with Crippen molar-refractivity contribution < 1.29 is 19.0 Å². The standard InChI is InChI=1S/C34H34N6O4/c41-32(26-15-8-3-9-16-26)39-30-28-31(37-22-36-30)40(23-38-28)33-27-29(43-20-25-13-6-2-7-14-25)34(44-33,17-10-18-35-27)21-42-19-24-11-4-1-5-12-24/h1-9,11-16,22-23,27,29,33,35H,10,17-21H2,(H,36,37,39,41)/t27-,29+,33-,34-/m1/s1. The third-order valence-corrected chi connectivity index (χ3v) is 8.30. The first-order valence-corrected chi connectivity index (χ1v) is 14.9. The number of carbonyl (C=O) groups is 1. The number of aromatic nitrogens is 4. The number of amides is 1. The third kappa shape index (κ3) is 5.72. The van der Waals surface area contributed by atoms with E-state index in [0.717, 1.165) is 30.5 Å². The number of fused-ring (bicyclic) bond motifs is 3. The summed E-state index contributed by atoms with van der Waals surface area (Å²) in [6.45, 7) is 2.11. The highest BCUT2D eigenvalue weighted by molar-refractivity contribution is 6.06. The van der Waals surface area contributed by atoms with E-state index in [0.29, 0.717) is 42.4 Å². The molecule has 2 N–H and O–H groups in total. The second kappa shape index (κ2) is 12.6. The van der Waals surface area contributed by atoms with Crippen LogP contribution in [0.15, 0.2) is 104 Å². The van der Waals surface area contributed by atoms with E-state index in [2.05, 4.69) is 49.9 Å². The first-order chi connectivity index (χ1) is 21.7. The van der Waals surface area contributed by atoms with Crippen LogP contribution in [0, 0.1) is 0 Å². The molecule has 7 rings (SSSR count). The van der Waals surface area contributed by atoms with Crippen LogP contribution in [0.4, 0.5) is 5.82 Å². The minimum Gasteiger partial charge on any atom is -0.374 e. The van der Waals surface area contributed by atoms with E-state index < -0.39 is 11.8 Å². The number of hydrogen-bond donors (Lipinski definition) is 2. The Morgan fingerprint density at radius 2 is 1.64 bits per heavy atom. The molecule has 224 valence electrons. The lowest BCUT2D eigenvalue weighted by Gasteiger charge is -2.34. The number of benzene rings is 3. The number of imidazole rings is 1. The van der Waals surface area contributed by atoms with Crippen molar-refractivity contribution in [3.05, 3.63) is 120 Å². The monoisotopic (exact) mass is 590 g/mol. The Morgan fingerprint density at radius 1 is 0.932 bits per heavy atom. The van der Waals surface area contributed by atoms with Gasteiger partial charge in [0.15, 0.2) is 23.2 Å². The average molecular weight is 591 g/mol. The van der Waals surface area contributed by atoms with Gasteiger partial charge in [-0.05, 0) is 42.6 Å². The molecule has 2 aliphatic heterocycles. The number of nitrogens with one attached hydrogen (secondary N) is 2. The largest absolute Gasteiger partial charge is 0.374 e. The van der Waals surface area contributed by atoms with Gasteiger partial charge in [0.25, 0.3) is 5.91 Å². The molecule has 0 aliphatic carbocycles. The molecule has 4 heterocycles. The van der Waals surface area contributed by atoms with Crippen LogP contribution in [0.2, 0.25) is 0 Å². The number of hydrogen-bond acceptors (Lipinski definition) is 8. The number of ether oxygens (including phenoxy) is 3. The summed E-state index contributed by atoms with van der Waals surface area (Å²) in [5.74, 6) is 0.0710. The Balaban J connectivity index is 1.19. The number of nitrogens with zero attached hydrogens (tertiary/aromatic N) is 4. The van der Waals surface area contributed by atoms with Crippen LogP contribution >= 0.6 is 0 Å². The van der Waals surface area contributed by atoms with Crippen LogP contribution in [-0.4, -0.2) is 56.3 Å². The quantitative estimate of drug-likeness (QED) is 0.236. The summed E-state index contributed by atoms with van der Waals surface area (Å²) in [6, 6.07) is 29.1. The van der Waals surface area contributed by atoms with E-state index in [1.807, 2.05) is 59.2 Å². The maximum Gasteiger partial charge on any atom is 0.256 e. The highest BCUT2D eigenvalue weighted by Gasteiger charge is 2.57. The van der Waals surface area contributed by atoms with Crippen LogP contribution in [0.1, 0.15) is 40.6 Å². The summed E-state index contributed by atoms with van der Waals surface area (Å²) in [7, 11) is 0. The predicted molar refractivity (Wildman–Crippen MR) is 165 cm³/mol. The fraction of sp³-hybridized carbons (Fsp3) is 0.294. The van der Waals surface area contributed by atoms with Crippen LogP contribution in [0.25, 0.3) is 11.2 Å². The highest BCUT2D eigenvalue weighted by Crippen LogP contribution is 2.45. The molecule has 4 atom stereocenters. The summed E-state index contributed by atoms with van der Waals surface area (Å²) in [6.07, 6.45) is 4.04. The van der Waals surface area contributed by atoms with Crippen LogP contribution in [0.5, 0.6) is 0 Å². The molecule has 0 unspecified atom stereocenters. The normalized spacial score (nSPS) is 23.0. The molecular weight excluding hydrogens is 556 g/mol. The maximum absolute atomic E-state index is 12.9. The Bertz CT molecular complexity index is 1700. The maximum atomic E-state index is 12.9. The molecule has 0 radical (unpaired) electrons. The van der Waals surface area contributed by atoms with Gasteiger partial charge >= 0.3 is 0 Å². The summed E-state index contributed by atoms with van der Waals surface area (Å²) >= 11 is 0. The second-order valence-electron chi connectivity index (χ2n) is 11.2. The van der Waals surface area contributed by atoms with Crippen molar-refractivity contribution in [3.63, 3.8) is 0 Å². The van der Waals surface area contributed by atoms with Crippen molar-refractivity contribution in [1.29, 1.82) is 0 Å². The Hall–Kier alpha value is -4.48. The van der Waals surface area contributed by atoms with E-state index in [1.165, 1.54) is 6.33 Å². The molecule has 2 aliphatic rings. The molecule has 1 amide bonds. The molecule has 5 aromatic rings. The summed E-state index contributed by atoms with van der Waals surface area (Å²) in [5.41, 5.74) is 3.07. The molecule has 10 heteroatoms. The average Bonchev–Trinajstić information content (AvgIpc) is 3.56. The first-order valence-electron chi connectivity index (χ1n) is 14.9. The van der Waals surface area contributed by atoms with Crippen LogP contribution < -0.4 is 10.6 Å². The molecule has 2 fully saturated rings.